The van der Waals surface area contributed by atoms with Crippen molar-refractivity contribution in [2.24, 2.45) is 0 Å². The second-order valence-electron chi connectivity index (χ2n) is 6.97. The molecule has 1 heterocycles. The molecule has 1 aliphatic rings. The number of anilines is 1. The van der Waals surface area contributed by atoms with E-state index in [1.165, 1.54) is 6.07 Å². The molecule has 3 rings (SSSR count). The van der Waals surface area contributed by atoms with Crippen LogP contribution in [-0.4, -0.2) is 45.1 Å². The lowest BCUT2D eigenvalue weighted by Crippen LogP contribution is -2.36. The first-order valence-electron chi connectivity index (χ1n) is 9.77. The van der Waals surface area contributed by atoms with Gasteiger partial charge in [0.05, 0.1) is 28.1 Å². The summed E-state index contributed by atoms with van der Waals surface area (Å²) in [6.07, 6.45) is -3.58. The van der Waals surface area contributed by atoms with E-state index in [2.05, 4.69) is 5.32 Å². The molecule has 1 fully saturated rings. The van der Waals surface area contributed by atoms with Crippen LogP contribution in [0.5, 0.6) is 11.5 Å². The van der Waals surface area contributed by atoms with E-state index in [0.717, 1.165) is 30.3 Å². The van der Waals surface area contributed by atoms with Crippen molar-refractivity contribution < 1.29 is 42.3 Å². The first kappa shape index (κ1) is 25.6. The van der Waals surface area contributed by atoms with E-state index < -0.39 is 51.7 Å². The number of carbonyl (C=O) groups is 3. The van der Waals surface area contributed by atoms with Crippen molar-refractivity contribution in [1.82, 2.24) is 4.90 Å². The molecule has 1 saturated heterocycles. The SMILES string of the molecule is CCOc1cc([N+](=O)[O-])cc(/C=C2\SC(=O)N(CC(=O)Nc3cccc(C(F)(F)F)c3)C2=O)c1O. The fourth-order valence-electron chi connectivity index (χ4n) is 2.99. The summed E-state index contributed by atoms with van der Waals surface area (Å²) >= 11 is 0.421. The second-order valence-corrected chi connectivity index (χ2v) is 7.96. The smallest absolute Gasteiger partial charge is 0.416 e. The van der Waals surface area contributed by atoms with E-state index in [1.807, 2.05) is 0 Å². The summed E-state index contributed by atoms with van der Waals surface area (Å²) in [6.45, 7) is 0.892. The Bertz CT molecular complexity index is 1250. The van der Waals surface area contributed by atoms with Crippen LogP contribution in [0.3, 0.4) is 0 Å². The Morgan fingerprint density at radius 3 is 2.63 bits per heavy atom. The Hall–Kier alpha value is -4.07. The Balaban J connectivity index is 1.80. The number of ether oxygens (including phenoxy) is 1. The topological polar surface area (TPSA) is 139 Å². The monoisotopic (exact) mass is 511 g/mol. The van der Waals surface area contributed by atoms with Gasteiger partial charge in [-0.05, 0) is 43.0 Å². The number of alkyl halides is 3. The predicted molar refractivity (Wildman–Crippen MR) is 119 cm³/mol. The zero-order valence-corrected chi connectivity index (χ0v) is 18.6. The van der Waals surface area contributed by atoms with Gasteiger partial charge in [0.15, 0.2) is 11.5 Å². The molecule has 0 spiro atoms. The lowest BCUT2D eigenvalue weighted by Gasteiger charge is -2.13. The van der Waals surface area contributed by atoms with Crippen LogP contribution >= 0.6 is 11.8 Å². The average Bonchev–Trinajstić information content (AvgIpc) is 3.03. The molecule has 0 atom stereocenters. The normalized spacial score (nSPS) is 15.0. The largest absolute Gasteiger partial charge is 0.504 e. The maximum Gasteiger partial charge on any atom is 0.416 e. The van der Waals surface area contributed by atoms with E-state index >= 15 is 0 Å². The summed E-state index contributed by atoms with van der Waals surface area (Å²) < 4.78 is 43.7. The number of rotatable bonds is 7. The quantitative estimate of drug-likeness (QED) is 0.317. The number of non-ortho nitro benzene ring substituents is 1. The third kappa shape index (κ3) is 5.90. The maximum absolute atomic E-state index is 12.8. The molecule has 1 aliphatic heterocycles. The van der Waals surface area contributed by atoms with Gasteiger partial charge in [-0.3, -0.25) is 29.4 Å². The molecule has 14 heteroatoms. The summed E-state index contributed by atoms with van der Waals surface area (Å²) in [5, 5.41) is 22.9. The van der Waals surface area contributed by atoms with E-state index in [-0.39, 0.29) is 28.5 Å². The lowest BCUT2D eigenvalue weighted by molar-refractivity contribution is -0.385. The highest BCUT2D eigenvalue weighted by atomic mass is 32.2. The summed E-state index contributed by atoms with van der Waals surface area (Å²) in [5.41, 5.74) is -1.77. The van der Waals surface area contributed by atoms with Crippen LogP contribution in [0.1, 0.15) is 18.1 Å². The van der Waals surface area contributed by atoms with E-state index in [9.17, 15) is 42.8 Å². The van der Waals surface area contributed by atoms with E-state index in [4.69, 9.17) is 4.74 Å². The van der Waals surface area contributed by atoms with E-state index in [0.29, 0.717) is 22.7 Å². The molecule has 184 valence electrons. The summed E-state index contributed by atoms with van der Waals surface area (Å²) in [4.78, 5) is 48.0. The molecule has 2 aromatic rings. The van der Waals surface area contributed by atoms with Crippen LogP contribution in [0.4, 0.5) is 29.3 Å². The molecule has 0 aliphatic carbocycles. The van der Waals surface area contributed by atoms with Crippen molar-refractivity contribution in [3.8, 4) is 11.5 Å². The van der Waals surface area contributed by atoms with Crippen LogP contribution in [0.2, 0.25) is 0 Å². The number of amides is 3. The van der Waals surface area contributed by atoms with Gasteiger partial charge in [-0.15, -0.1) is 0 Å². The Morgan fingerprint density at radius 1 is 1.29 bits per heavy atom. The van der Waals surface area contributed by atoms with Gasteiger partial charge in [0.1, 0.15) is 6.54 Å². The first-order valence-corrected chi connectivity index (χ1v) is 10.6. The number of halogens is 3. The molecule has 3 amide bonds. The van der Waals surface area contributed by atoms with Crippen molar-refractivity contribution in [2.45, 2.75) is 13.1 Å². The number of hydrogen-bond donors (Lipinski definition) is 2. The highest BCUT2D eigenvalue weighted by molar-refractivity contribution is 8.18. The Labute approximate surface area is 199 Å². The van der Waals surface area contributed by atoms with Gasteiger partial charge in [0, 0.05) is 17.3 Å². The molecule has 0 saturated carbocycles. The summed E-state index contributed by atoms with van der Waals surface area (Å²) in [6, 6.07) is 5.79. The average molecular weight is 511 g/mol. The zero-order valence-electron chi connectivity index (χ0n) is 17.8. The number of imide groups is 1. The van der Waals surface area contributed by atoms with Crippen molar-refractivity contribution in [3.63, 3.8) is 0 Å². The van der Waals surface area contributed by atoms with Gasteiger partial charge in [0.2, 0.25) is 5.91 Å². The minimum absolute atomic E-state index is 0.0890. The number of hydrogen-bond acceptors (Lipinski definition) is 8. The number of phenolic OH excluding ortho intramolecular Hbond substituents is 1. The number of nitrogens with one attached hydrogen (secondary N) is 1. The molecule has 2 N–H and O–H groups in total. The molecule has 0 unspecified atom stereocenters. The molecular weight excluding hydrogens is 495 g/mol. The second kappa shape index (κ2) is 10.0. The third-order valence-corrected chi connectivity index (χ3v) is 5.44. The standard InChI is InChI=1S/C21H16F3N3O7S/c1-2-34-15-9-14(27(32)33)6-11(18(15)29)7-16-19(30)26(20(31)35-16)10-17(28)25-13-5-3-4-12(8-13)21(22,23)24/h3-9,29H,2,10H2,1H3,(H,25,28)/b16-7-. The molecule has 0 aromatic heterocycles. The fraction of sp³-hybridized carbons (Fsp3) is 0.190. The van der Waals surface area contributed by atoms with E-state index in [1.54, 1.807) is 6.92 Å². The number of thioether (sulfide) groups is 1. The number of phenols is 1. The van der Waals surface area contributed by atoms with Gasteiger partial charge < -0.3 is 15.2 Å². The van der Waals surface area contributed by atoms with Gasteiger partial charge in [-0.25, -0.2) is 0 Å². The van der Waals surface area contributed by atoms with Gasteiger partial charge >= 0.3 is 6.18 Å². The van der Waals surface area contributed by atoms with Gasteiger partial charge in [-0.2, -0.15) is 13.2 Å². The van der Waals surface area contributed by atoms with Crippen LogP contribution in [0.25, 0.3) is 6.08 Å². The molecule has 10 nitrogen and oxygen atoms in total. The summed E-state index contributed by atoms with van der Waals surface area (Å²) in [7, 11) is 0. The number of nitro benzene ring substituents is 1. The van der Waals surface area contributed by atoms with Gasteiger partial charge in [0.25, 0.3) is 16.8 Å². The number of aromatic hydroxyl groups is 1. The van der Waals surface area contributed by atoms with Crippen LogP contribution in [-0.2, 0) is 15.8 Å². The summed E-state index contributed by atoms with van der Waals surface area (Å²) in [5.74, 6) is -2.55. The van der Waals surface area contributed by atoms with Crippen molar-refractivity contribution >= 4 is 46.3 Å². The lowest BCUT2D eigenvalue weighted by atomic mass is 10.1. The van der Waals surface area contributed by atoms with Crippen molar-refractivity contribution in [2.75, 3.05) is 18.5 Å². The predicted octanol–water partition coefficient (Wildman–Crippen LogP) is 4.39. The minimum Gasteiger partial charge on any atom is -0.504 e. The molecule has 35 heavy (non-hydrogen) atoms. The van der Waals surface area contributed by atoms with Crippen molar-refractivity contribution in [3.05, 3.63) is 62.5 Å². The Morgan fingerprint density at radius 2 is 2.00 bits per heavy atom. The number of nitro groups is 1. The maximum atomic E-state index is 12.8. The molecule has 0 radical (unpaired) electrons. The van der Waals surface area contributed by atoms with Gasteiger partial charge in [-0.1, -0.05) is 6.07 Å². The minimum atomic E-state index is -4.63. The van der Waals surface area contributed by atoms with Crippen molar-refractivity contribution in [1.29, 1.82) is 0 Å². The number of carbonyl (C=O) groups excluding carboxylic acids is 3. The molecule has 2 aromatic carbocycles. The highest BCUT2D eigenvalue weighted by Gasteiger charge is 2.37. The highest BCUT2D eigenvalue weighted by Crippen LogP contribution is 2.39. The fourth-order valence-corrected chi connectivity index (χ4v) is 3.82. The molecular formula is C21H16F3N3O7S. The van der Waals surface area contributed by atoms with Crippen LogP contribution in [0, 0.1) is 10.1 Å². The number of benzene rings is 2. The first-order chi connectivity index (χ1) is 16.4. The third-order valence-electron chi connectivity index (χ3n) is 4.54. The zero-order chi connectivity index (χ0) is 25.9. The molecule has 0 bridgehead atoms. The number of nitrogens with zero attached hydrogens (tertiary/aromatic N) is 2. The van der Waals surface area contributed by atoms with Crippen LogP contribution < -0.4 is 10.1 Å². The van der Waals surface area contributed by atoms with Crippen LogP contribution in [0.15, 0.2) is 41.3 Å². The Kier molecular flexibility index (Phi) is 7.34.